The molecule has 19 heavy (non-hydrogen) atoms. The second kappa shape index (κ2) is 8.93. The van der Waals surface area contributed by atoms with Crippen LogP contribution in [0.5, 0.6) is 0 Å². The van der Waals surface area contributed by atoms with Gasteiger partial charge in [0.2, 0.25) is 10.0 Å². The first-order chi connectivity index (χ1) is 9.10. The van der Waals surface area contributed by atoms with E-state index in [4.69, 9.17) is 0 Å². The van der Waals surface area contributed by atoms with E-state index < -0.39 is 10.0 Å². The summed E-state index contributed by atoms with van der Waals surface area (Å²) in [5, 5.41) is 3.23. The summed E-state index contributed by atoms with van der Waals surface area (Å²) in [5.74, 6) is 1.03. The third-order valence-electron chi connectivity index (χ3n) is 4.03. The van der Waals surface area contributed by atoms with Gasteiger partial charge in [0.25, 0.3) is 0 Å². The smallest absolute Gasteiger partial charge is 0.214 e. The molecule has 1 rings (SSSR count). The van der Waals surface area contributed by atoms with Crippen molar-refractivity contribution in [3.63, 3.8) is 0 Å². The van der Waals surface area contributed by atoms with Crippen LogP contribution >= 0.6 is 0 Å². The Bertz CT molecular complexity index is 330. The molecule has 4 nitrogen and oxygen atoms in total. The maximum Gasteiger partial charge on any atom is 0.214 e. The van der Waals surface area contributed by atoms with Gasteiger partial charge < -0.3 is 5.32 Å². The van der Waals surface area contributed by atoms with E-state index in [1.807, 2.05) is 0 Å². The summed E-state index contributed by atoms with van der Waals surface area (Å²) < 4.78 is 26.3. The van der Waals surface area contributed by atoms with Crippen LogP contribution in [0.25, 0.3) is 0 Å². The van der Waals surface area contributed by atoms with Crippen molar-refractivity contribution in [3.05, 3.63) is 0 Å². The highest BCUT2D eigenvalue weighted by molar-refractivity contribution is 7.89. The minimum Gasteiger partial charge on any atom is -0.317 e. The van der Waals surface area contributed by atoms with Gasteiger partial charge in [0.1, 0.15) is 0 Å². The predicted molar refractivity (Wildman–Crippen MR) is 80.8 cm³/mol. The third-order valence-corrected chi connectivity index (χ3v) is 5.99. The molecule has 1 unspecified atom stereocenters. The van der Waals surface area contributed by atoms with E-state index in [0.29, 0.717) is 11.7 Å². The van der Waals surface area contributed by atoms with Crippen LogP contribution in [0, 0.1) is 5.92 Å². The topological polar surface area (TPSA) is 49.4 Å². The van der Waals surface area contributed by atoms with Crippen molar-refractivity contribution in [3.8, 4) is 0 Å². The van der Waals surface area contributed by atoms with E-state index >= 15 is 0 Å². The number of nitrogens with one attached hydrogen (secondary N) is 1. The lowest BCUT2D eigenvalue weighted by atomic mass is 9.98. The average molecular weight is 290 g/mol. The molecule has 0 aromatic rings. The summed E-state index contributed by atoms with van der Waals surface area (Å²) in [7, 11) is -3.02. The molecule has 5 heteroatoms. The zero-order valence-corrected chi connectivity index (χ0v) is 13.3. The summed E-state index contributed by atoms with van der Waals surface area (Å²) in [5.41, 5.74) is 0. The van der Waals surface area contributed by atoms with Crippen molar-refractivity contribution in [1.82, 2.24) is 9.62 Å². The van der Waals surface area contributed by atoms with Crippen LogP contribution in [0.2, 0.25) is 0 Å². The molecule has 0 radical (unpaired) electrons. The van der Waals surface area contributed by atoms with Crippen LogP contribution in [0.4, 0.5) is 0 Å². The molecule has 0 aliphatic carbocycles. The van der Waals surface area contributed by atoms with Crippen molar-refractivity contribution in [1.29, 1.82) is 0 Å². The number of hydrogen-bond donors (Lipinski definition) is 1. The van der Waals surface area contributed by atoms with E-state index in [2.05, 4.69) is 19.2 Å². The molecule has 0 amide bonds. The molecule has 1 saturated heterocycles. The lowest BCUT2D eigenvalue weighted by molar-refractivity contribution is 0.406. The highest BCUT2D eigenvalue weighted by atomic mass is 32.2. The first-order valence-corrected chi connectivity index (χ1v) is 9.39. The largest absolute Gasteiger partial charge is 0.317 e. The highest BCUT2D eigenvalue weighted by Crippen LogP contribution is 2.22. The maximum absolute atomic E-state index is 12.3. The fraction of sp³-hybridized carbons (Fsp3) is 1.00. The van der Waals surface area contributed by atoms with Gasteiger partial charge in [-0.15, -0.1) is 0 Å². The van der Waals surface area contributed by atoms with Gasteiger partial charge in [-0.3, -0.25) is 0 Å². The van der Waals surface area contributed by atoms with Crippen molar-refractivity contribution >= 4 is 10.0 Å². The quantitative estimate of drug-likeness (QED) is 0.697. The molecule has 0 aromatic carbocycles. The number of sulfonamides is 1. The Balaban J connectivity index is 2.35. The van der Waals surface area contributed by atoms with Crippen LogP contribution < -0.4 is 5.32 Å². The van der Waals surface area contributed by atoms with E-state index in [0.717, 1.165) is 51.9 Å². The van der Waals surface area contributed by atoms with Gasteiger partial charge in [-0.05, 0) is 51.1 Å². The van der Waals surface area contributed by atoms with E-state index in [1.165, 1.54) is 12.8 Å². The minimum atomic E-state index is -3.02. The standard InChI is InChI=1S/C14H30N2O2S/c1-3-14-8-7-11-16(12-9-14)19(17,18)13-6-5-10-15-4-2/h14-15H,3-13H2,1-2H3. The molecular weight excluding hydrogens is 260 g/mol. The monoisotopic (exact) mass is 290 g/mol. The first kappa shape index (κ1) is 16.9. The first-order valence-electron chi connectivity index (χ1n) is 7.78. The highest BCUT2D eigenvalue weighted by Gasteiger charge is 2.24. The summed E-state index contributed by atoms with van der Waals surface area (Å²) >= 11 is 0. The number of hydrogen-bond acceptors (Lipinski definition) is 3. The van der Waals surface area contributed by atoms with Gasteiger partial charge in [-0.1, -0.05) is 20.3 Å². The van der Waals surface area contributed by atoms with Gasteiger partial charge in [0.05, 0.1) is 5.75 Å². The molecule has 114 valence electrons. The summed E-state index contributed by atoms with van der Waals surface area (Å²) in [6, 6.07) is 0. The molecule has 0 bridgehead atoms. The van der Waals surface area contributed by atoms with E-state index in [1.54, 1.807) is 4.31 Å². The molecule has 1 atom stereocenters. The number of nitrogens with zero attached hydrogens (tertiary/aromatic N) is 1. The number of unbranched alkanes of at least 4 members (excludes halogenated alkanes) is 1. The lowest BCUT2D eigenvalue weighted by Gasteiger charge is -2.20. The van der Waals surface area contributed by atoms with Gasteiger partial charge >= 0.3 is 0 Å². The van der Waals surface area contributed by atoms with Gasteiger partial charge in [-0.25, -0.2) is 12.7 Å². The second-order valence-electron chi connectivity index (χ2n) is 5.48. The minimum absolute atomic E-state index is 0.315. The van der Waals surface area contributed by atoms with E-state index in [9.17, 15) is 8.42 Å². The SMILES string of the molecule is CCNCCCCS(=O)(=O)N1CCCC(CC)CC1. The molecule has 0 spiro atoms. The molecular formula is C14H30N2O2S. The maximum atomic E-state index is 12.3. The van der Waals surface area contributed by atoms with Crippen molar-refractivity contribution in [2.45, 2.75) is 52.4 Å². The van der Waals surface area contributed by atoms with Crippen molar-refractivity contribution in [2.24, 2.45) is 5.92 Å². The zero-order chi connectivity index (χ0) is 14.1. The van der Waals surface area contributed by atoms with Crippen molar-refractivity contribution < 1.29 is 8.42 Å². The molecule has 0 saturated carbocycles. The fourth-order valence-corrected chi connectivity index (χ4v) is 4.28. The molecule has 1 fully saturated rings. The zero-order valence-electron chi connectivity index (χ0n) is 12.5. The Morgan fingerprint density at radius 3 is 2.63 bits per heavy atom. The molecule has 0 aromatic heterocycles. The Morgan fingerprint density at radius 2 is 1.95 bits per heavy atom. The average Bonchev–Trinajstić information content (AvgIpc) is 2.64. The van der Waals surface area contributed by atoms with Crippen molar-refractivity contribution in [2.75, 3.05) is 31.9 Å². The molecule has 1 N–H and O–H groups in total. The van der Waals surface area contributed by atoms with Crippen LogP contribution in [0.15, 0.2) is 0 Å². The summed E-state index contributed by atoms with van der Waals surface area (Å²) in [4.78, 5) is 0. The second-order valence-corrected chi connectivity index (χ2v) is 7.57. The fourth-order valence-electron chi connectivity index (χ4n) is 2.67. The normalized spacial score (nSPS) is 22.3. The van der Waals surface area contributed by atoms with E-state index in [-0.39, 0.29) is 0 Å². The van der Waals surface area contributed by atoms with Gasteiger partial charge in [0, 0.05) is 13.1 Å². The Kier molecular flexibility index (Phi) is 7.95. The number of rotatable bonds is 8. The van der Waals surface area contributed by atoms with Crippen LogP contribution in [-0.4, -0.2) is 44.7 Å². The Morgan fingerprint density at radius 1 is 1.16 bits per heavy atom. The van der Waals surface area contributed by atoms with Gasteiger partial charge in [-0.2, -0.15) is 0 Å². The Hall–Kier alpha value is -0.130. The van der Waals surface area contributed by atoms with Crippen LogP contribution in [0.3, 0.4) is 0 Å². The summed E-state index contributed by atoms with van der Waals surface area (Å²) in [6.07, 6.45) is 6.13. The summed E-state index contributed by atoms with van der Waals surface area (Å²) in [6.45, 7) is 7.61. The lowest BCUT2D eigenvalue weighted by Crippen LogP contribution is -2.34. The molecule has 1 heterocycles. The van der Waals surface area contributed by atoms with Gasteiger partial charge in [0.15, 0.2) is 0 Å². The molecule has 1 aliphatic rings. The van der Waals surface area contributed by atoms with Crippen LogP contribution in [-0.2, 0) is 10.0 Å². The third kappa shape index (κ3) is 6.23. The Labute approximate surface area is 119 Å². The van der Waals surface area contributed by atoms with Crippen LogP contribution in [0.1, 0.15) is 52.4 Å². The predicted octanol–water partition coefficient (Wildman–Crippen LogP) is 2.22. The molecule has 1 aliphatic heterocycles.